The highest BCUT2D eigenvalue weighted by molar-refractivity contribution is 6.08. The fraction of sp³-hybridized carbons (Fsp3) is 0.450. The van der Waals surface area contributed by atoms with Crippen LogP contribution >= 0.6 is 0 Å². The maximum absolute atomic E-state index is 12.9. The van der Waals surface area contributed by atoms with Gasteiger partial charge in [0.2, 0.25) is 0 Å². The number of nitrogens with two attached hydrogens (primary N) is 3. The van der Waals surface area contributed by atoms with Gasteiger partial charge in [0.05, 0.1) is 0 Å². The molecular weight excluding hydrogens is 386 g/mol. The summed E-state index contributed by atoms with van der Waals surface area (Å²) < 4.78 is 0. The van der Waals surface area contributed by atoms with Gasteiger partial charge in [0.15, 0.2) is 5.78 Å². The Morgan fingerprint density at radius 1 is 1.20 bits per heavy atom. The monoisotopic (exact) mass is 415 g/mol. The van der Waals surface area contributed by atoms with Crippen molar-refractivity contribution in [2.45, 2.75) is 37.5 Å². The minimum Gasteiger partial charge on any atom is -0.373 e. The number of nitrogens with one attached hydrogen (secondary N) is 3. The van der Waals surface area contributed by atoms with Crippen LogP contribution in [0.15, 0.2) is 36.7 Å². The topological polar surface area (TPSA) is 174 Å². The van der Waals surface area contributed by atoms with Gasteiger partial charge >= 0.3 is 5.97 Å². The molecule has 10 heteroatoms. The highest BCUT2D eigenvalue weighted by atomic mass is 16.7. The number of benzene rings is 1. The number of Topliss-reactive ketones (excluding diaryl/α,β-unsaturated/α-hetero) is 1. The summed E-state index contributed by atoms with van der Waals surface area (Å²) in [6.45, 7) is 1.55. The lowest BCUT2D eigenvalue weighted by molar-refractivity contribution is -0.147. The normalized spacial score (nSPS) is 17.4. The third-order valence-electron chi connectivity index (χ3n) is 5.38. The minimum absolute atomic E-state index is 0.266. The van der Waals surface area contributed by atoms with E-state index in [0.717, 1.165) is 24.5 Å². The largest absolute Gasteiger partial charge is 0.373 e. The molecule has 0 saturated carbocycles. The number of hydrogen-bond acceptors (Lipinski definition) is 9. The van der Waals surface area contributed by atoms with Gasteiger partial charge in [-0.3, -0.25) is 15.4 Å². The van der Waals surface area contributed by atoms with Gasteiger partial charge in [0.1, 0.15) is 17.5 Å². The van der Waals surface area contributed by atoms with E-state index in [4.69, 9.17) is 17.4 Å². The van der Waals surface area contributed by atoms with Crippen LogP contribution in [0.3, 0.4) is 0 Å². The van der Waals surface area contributed by atoms with Crippen LogP contribution in [0.5, 0.6) is 0 Å². The Bertz CT molecular complexity index is 833. The van der Waals surface area contributed by atoms with E-state index in [1.54, 1.807) is 36.7 Å². The van der Waals surface area contributed by atoms with Crippen LogP contribution in [0.25, 0.3) is 0 Å². The molecular formula is C20H29N7O3. The summed E-state index contributed by atoms with van der Waals surface area (Å²) in [6.07, 6.45) is 5.36. The van der Waals surface area contributed by atoms with E-state index in [0.29, 0.717) is 24.8 Å². The lowest BCUT2D eigenvalue weighted by Gasteiger charge is -2.25. The number of carbonyl (C=O) groups is 2. The minimum atomic E-state index is -0.984. The smallest absolute Gasteiger partial charge is 0.335 e. The standard InChI is InChI=1S/C20H29N7O3/c21-16(12-17-24-8-9-25-17)13-3-5-14(6-4-13)18(28)15(19(29)30-23)2-1-7-20(22)26-10-11-27-20/h3-6,8-9,15-16,26-27H,1-2,7,10-12,21-23H2,(H,24,25). The molecule has 1 aromatic heterocycles. The molecule has 3 rings (SSSR count). The van der Waals surface area contributed by atoms with Crippen LogP contribution in [-0.2, 0) is 16.1 Å². The first-order chi connectivity index (χ1) is 14.4. The summed E-state index contributed by atoms with van der Waals surface area (Å²) in [5.41, 5.74) is 13.7. The maximum atomic E-state index is 12.9. The summed E-state index contributed by atoms with van der Waals surface area (Å²) in [7, 11) is 0. The molecule has 10 nitrogen and oxygen atoms in total. The first-order valence-corrected chi connectivity index (χ1v) is 9.99. The molecule has 0 amide bonds. The molecule has 2 atom stereocenters. The van der Waals surface area contributed by atoms with E-state index < -0.39 is 17.7 Å². The predicted octanol–water partition coefficient (Wildman–Crippen LogP) is -0.156. The Hall–Kier alpha value is -2.63. The van der Waals surface area contributed by atoms with Crippen molar-refractivity contribution in [3.63, 3.8) is 0 Å². The van der Waals surface area contributed by atoms with Crippen LogP contribution in [0.2, 0.25) is 0 Å². The molecule has 2 unspecified atom stereocenters. The van der Waals surface area contributed by atoms with Crippen LogP contribution < -0.4 is 28.0 Å². The zero-order valence-corrected chi connectivity index (χ0v) is 16.8. The van der Waals surface area contributed by atoms with Gasteiger partial charge in [0.25, 0.3) is 0 Å². The molecule has 0 spiro atoms. The highest BCUT2D eigenvalue weighted by Gasteiger charge is 2.32. The molecule has 30 heavy (non-hydrogen) atoms. The average Bonchev–Trinajstić information content (AvgIpc) is 3.42. The Balaban J connectivity index is 1.62. The third-order valence-corrected chi connectivity index (χ3v) is 5.38. The second-order valence-electron chi connectivity index (χ2n) is 7.54. The van der Waals surface area contributed by atoms with Crippen LogP contribution in [0.4, 0.5) is 0 Å². The Morgan fingerprint density at radius 3 is 2.50 bits per heavy atom. The molecule has 1 fully saturated rings. The number of H-pyrrole nitrogens is 1. The van der Waals surface area contributed by atoms with E-state index in [1.165, 1.54) is 0 Å². The van der Waals surface area contributed by atoms with E-state index in [9.17, 15) is 9.59 Å². The zero-order valence-electron chi connectivity index (χ0n) is 16.8. The quantitative estimate of drug-likeness (QED) is 0.175. The van der Waals surface area contributed by atoms with E-state index in [1.807, 2.05) is 0 Å². The Kier molecular flexibility index (Phi) is 7.29. The molecule has 1 aliphatic heterocycles. The molecule has 0 bridgehead atoms. The second-order valence-corrected chi connectivity index (χ2v) is 7.54. The summed E-state index contributed by atoms with van der Waals surface area (Å²) in [6, 6.07) is 6.64. The molecule has 0 radical (unpaired) electrons. The van der Waals surface area contributed by atoms with Gasteiger partial charge in [-0.2, -0.15) is 5.90 Å². The number of hydrogen-bond donors (Lipinski definition) is 6. The van der Waals surface area contributed by atoms with Gasteiger partial charge in [0, 0.05) is 43.5 Å². The Labute approximate surface area is 174 Å². The second kappa shape index (κ2) is 9.92. The fourth-order valence-corrected chi connectivity index (χ4v) is 3.67. The molecule has 9 N–H and O–H groups in total. The summed E-state index contributed by atoms with van der Waals surface area (Å²) >= 11 is 0. The van der Waals surface area contributed by atoms with Gasteiger partial charge < -0.3 is 21.3 Å². The van der Waals surface area contributed by atoms with E-state index in [-0.39, 0.29) is 18.2 Å². The third kappa shape index (κ3) is 5.49. The van der Waals surface area contributed by atoms with Crippen molar-refractivity contribution in [3.8, 4) is 0 Å². The number of rotatable bonds is 10. The number of ketones is 1. The van der Waals surface area contributed by atoms with Crippen molar-refractivity contribution in [2.24, 2.45) is 23.3 Å². The molecule has 0 aliphatic carbocycles. The number of aromatic nitrogens is 2. The molecule has 2 aromatic rings. The molecule has 1 aliphatic rings. The molecule has 2 heterocycles. The van der Waals surface area contributed by atoms with Crippen LogP contribution in [-0.4, -0.2) is 40.6 Å². The lowest BCUT2D eigenvalue weighted by Crippen LogP contribution is -2.57. The fourth-order valence-electron chi connectivity index (χ4n) is 3.67. The van der Waals surface area contributed by atoms with Crippen molar-refractivity contribution in [3.05, 3.63) is 53.6 Å². The zero-order chi connectivity index (χ0) is 21.6. The summed E-state index contributed by atoms with van der Waals surface area (Å²) in [5.74, 6) is 3.10. The van der Waals surface area contributed by atoms with Crippen molar-refractivity contribution >= 4 is 11.8 Å². The van der Waals surface area contributed by atoms with E-state index >= 15 is 0 Å². The first-order valence-electron chi connectivity index (χ1n) is 9.99. The van der Waals surface area contributed by atoms with Crippen LogP contribution in [0, 0.1) is 5.92 Å². The van der Waals surface area contributed by atoms with Gasteiger partial charge in [-0.1, -0.05) is 24.3 Å². The average molecular weight is 415 g/mol. The first kappa shape index (κ1) is 22.1. The van der Waals surface area contributed by atoms with Crippen molar-refractivity contribution in [1.29, 1.82) is 0 Å². The number of carbonyl (C=O) groups excluding carboxylic acids is 2. The molecule has 1 saturated heterocycles. The molecule has 162 valence electrons. The summed E-state index contributed by atoms with van der Waals surface area (Å²) in [5, 5.41) is 6.33. The highest BCUT2D eigenvalue weighted by Crippen LogP contribution is 2.21. The summed E-state index contributed by atoms with van der Waals surface area (Å²) in [4.78, 5) is 36.6. The number of aromatic amines is 1. The van der Waals surface area contributed by atoms with Gasteiger partial charge in [-0.15, -0.1) is 0 Å². The molecule has 1 aromatic carbocycles. The lowest BCUT2D eigenvalue weighted by atomic mass is 9.91. The SMILES string of the molecule is NOC(=O)C(CCCC1(N)NCCN1)C(=O)c1ccc(C(N)Cc2ncc[nH]2)cc1. The van der Waals surface area contributed by atoms with E-state index in [2.05, 4.69) is 25.4 Å². The van der Waals surface area contributed by atoms with Crippen molar-refractivity contribution in [2.75, 3.05) is 13.1 Å². The Morgan fingerprint density at radius 2 is 1.90 bits per heavy atom. The van der Waals surface area contributed by atoms with Crippen molar-refractivity contribution < 1.29 is 14.4 Å². The van der Waals surface area contributed by atoms with Gasteiger partial charge in [-0.05, 0) is 24.8 Å². The van der Waals surface area contributed by atoms with Gasteiger partial charge in [-0.25, -0.2) is 9.78 Å². The number of imidazole rings is 1. The number of nitrogens with zero attached hydrogens (tertiary/aromatic N) is 1. The van der Waals surface area contributed by atoms with Crippen LogP contribution in [0.1, 0.15) is 47.1 Å². The van der Waals surface area contributed by atoms with Crippen molar-refractivity contribution in [1.82, 2.24) is 20.6 Å². The maximum Gasteiger partial charge on any atom is 0.335 e. The predicted molar refractivity (Wildman–Crippen MR) is 111 cm³/mol.